The molecule has 0 saturated carbocycles. The van der Waals surface area contributed by atoms with Crippen molar-refractivity contribution in [3.05, 3.63) is 39.1 Å². The van der Waals surface area contributed by atoms with Crippen LogP contribution in [0.1, 0.15) is 12.0 Å². The molecule has 3 nitrogen and oxygen atoms in total. The fraction of sp³-hybridized carbons (Fsp3) is 0.267. The van der Waals surface area contributed by atoms with Crippen molar-refractivity contribution >= 4 is 55.7 Å². The van der Waals surface area contributed by atoms with Crippen LogP contribution in [0.25, 0.3) is 15.8 Å². The largest absolute Gasteiger partial charge is 0.396 e. The van der Waals surface area contributed by atoms with Gasteiger partial charge in [-0.1, -0.05) is 23.4 Å². The lowest BCUT2D eigenvalue weighted by Gasteiger charge is -2.18. The summed E-state index contributed by atoms with van der Waals surface area (Å²) in [5.74, 6) is 0. The van der Waals surface area contributed by atoms with Gasteiger partial charge in [-0.25, -0.2) is 0 Å². The van der Waals surface area contributed by atoms with Crippen molar-refractivity contribution in [2.75, 3.05) is 19.7 Å². The minimum Gasteiger partial charge on any atom is -0.396 e. The maximum atomic E-state index is 9.35. The van der Waals surface area contributed by atoms with Crippen LogP contribution in [0.3, 0.4) is 0 Å². The summed E-state index contributed by atoms with van der Waals surface area (Å²) in [6.45, 7) is 1.90. The number of hydrogen-bond donors (Lipinski definition) is 1. The summed E-state index contributed by atoms with van der Waals surface area (Å²) < 4.78 is 1.20. The molecule has 2 aromatic rings. The summed E-state index contributed by atoms with van der Waals surface area (Å²) in [4.78, 5) is 8.00. The highest BCUT2D eigenvalue weighted by atomic mass is 35.5. The Morgan fingerprint density at radius 1 is 1.38 bits per heavy atom. The van der Waals surface area contributed by atoms with Crippen molar-refractivity contribution < 1.29 is 5.11 Å². The van der Waals surface area contributed by atoms with Crippen LogP contribution >= 0.6 is 34.7 Å². The van der Waals surface area contributed by atoms with Gasteiger partial charge in [0.05, 0.1) is 12.2 Å². The normalized spacial score (nSPS) is 17.8. The first-order valence-corrected chi connectivity index (χ1v) is 8.86. The van der Waals surface area contributed by atoms with Crippen LogP contribution in [0, 0.1) is 0 Å². The minimum atomic E-state index is 0.153. The number of halogens is 1. The van der Waals surface area contributed by atoms with E-state index in [1.807, 2.05) is 12.1 Å². The summed E-state index contributed by atoms with van der Waals surface area (Å²) in [5.41, 5.74) is 2.33. The van der Waals surface area contributed by atoms with E-state index >= 15 is 0 Å². The lowest BCUT2D eigenvalue weighted by Crippen LogP contribution is -2.20. The predicted molar refractivity (Wildman–Crippen MR) is 92.1 cm³/mol. The maximum absolute atomic E-state index is 9.35. The van der Waals surface area contributed by atoms with Gasteiger partial charge >= 0.3 is 0 Å². The molecule has 3 heterocycles. The van der Waals surface area contributed by atoms with Crippen LogP contribution in [0.4, 0.5) is 0 Å². The van der Waals surface area contributed by atoms with Crippen molar-refractivity contribution in [3.63, 3.8) is 0 Å². The zero-order valence-corrected chi connectivity index (χ0v) is 13.6. The fourth-order valence-corrected chi connectivity index (χ4v) is 5.14. The second kappa shape index (κ2) is 5.32. The van der Waals surface area contributed by atoms with Gasteiger partial charge in [-0.3, -0.25) is 4.99 Å². The molecule has 0 saturated heterocycles. The van der Waals surface area contributed by atoms with E-state index in [0.29, 0.717) is 6.42 Å². The van der Waals surface area contributed by atoms with Gasteiger partial charge in [0.25, 0.3) is 0 Å². The van der Waals surface area contributed by atoms with Gasteiger partial charge in [0.2, 0.25) is 0 Å². The van der Waals surface area contributed by atoms with E-state index in [-0.39, 0.29) is 6.61 Å². The van der Waals surface area contributed by atoms with Gasteiger partial charge in [0.15, 0.2) is 5.17 Å². The van der Waals surface area contributed by atoms with E-state index in [4.69, 9.17) is 11.6 Å². The number of benzene rings is 1. The molecule has 0 fully saturated rings. The molecular formula is C15H13ClN2OS2. The number of nitrogens with zero attached hydrogens (tertiary/aromatic N) is 2. The van der Waals surface area contributed by atoms with E-state index in [1.54, 1.807) is 23.1 Å². The fourth-order valence-electron chi connectivity index (χ4n) is 2.83. The minimum absolute atomic E-state index is 0.153. The number of thiophene rings is 1. The lowest BCUT2D eigenvalue weighted by atomic mass is 10.1. The highest BCUT2D eigenvalue weighted by Crippen LogP contribution is 2.45. The predicted octanol–water partition coefficient (Wildman–Crippen LogP) is 4.02. The zero-order chi connectivity index (χ0) is 14.4. The number of rotatable bonds is 3. The van der Waals surface area contributed by atoms with Crippen LogP contribution in [0.2, 0.25) is 5.02 Å². The van der Waals surface area contributed by atoms with Crippen LogP contribution < -0.4 is 0 Å². The summed E-state index contributed by atoms with van der Waals surface area (Å²) in [5, 5.41) is 14.5. The standard InChI is InChI=1S/C15H13ClN2OS2/c16-9-7-11(10-2-6-20-13(10)8-9)14-12(1-5-19)21-15-17-3-4-18(14)15/h2,6-8,19H,1,3-5H2. The Bertz CT molecular complexity index is 781. The number of aliphatic hydroxyl groups is 1. The monoisotopic (exact) mass is 336 g/mol. The van der Waals surface area contributed by atoms with E-state index in [9.17, 15) is 5.11 Å². The Morgan fingerprint density at radius 2 is 2.29 bits per heavy atom. The molecular weight excluding hydrogens is 324 g/mol. The SMILES string of the molecule is OCCC1=C(c2cc(Cl)cc3sccc23)N2CCN=C2S1. The number of aliphatic hydroxyl groups excluding tert-OH is 1. The highest BCUT2D eigenvalue weighted by molar-refractivity contribution is 8.17. The van der Waals surface area contributed by atoms with Crippen molar-refractivity contribution in [1.82, 2.24) is 4.90 Å². The molecule has 6 heteroatoms. The molecule has 0 aliphatic carbocycles. The number of hydrogen-bond acceptors (Lipinski definition) is 5. The second-order valence-corrected chi connectivity index (χ2v) is 7.40. The highest BCUT2D eigenvalue weighted by Gasteiger charge is 2.33. The molecule has 0 spiro atoms. The van der Waals surface area contributed by atoms with Gasteiger partial charge in [0.1, 0.15) is 0 Å². The van der Waals surface area contributed by atoms with Crippen molar-refractivity contribution in [1.29, 1.82) is 0 Å². The Morgan fingerprint density at radius 3 is 3.14 bits per heavy atom. The Hall–Kier alpha value is -1.01. The first kappa shape index (κ1) is 13.6. The Labute approximate surface area is 135 Å². The Kier molecular flexibility index (Phi) is 3.46. The van der Waals surface area contributed by atoms with Crippen LogP contribution in [0.5, 0.6) is 0 Å². The van der Waals surface area contributed by atoms with Crippen LogP contribution in [-0.4, -0.2) is 34.9 Å². The molecule has 1 aromatic heterocycles. The quantitative estimate of drug-likeness (QED) is 0.919. The number of aliphatic imine (C=N–C) groups is 1. The summed E-state index contributed by atoms with van der Waals surface area (Å²) >= 11 is 9.69. The molecule has 4 rings (SSSR count). The average molecular weight is 337 g/mol. The number of amidine groups is 1. The van der Waals surface area contributed by atoms with Gasteiger partial charge in [0, 0.05) is 45.1 Å². The zero-order valence-electron chi connectivity index (χ0n) is 11.2. The maximum Gasteiger partial charge on any atom is 0.168 e. The molecule has 2 aliphatic rings. The van der Waals surface area contributed by atoms with Crippen molar-refractivity contribution in [2.24, 2.45) is 4.99 Å². The molecule has 0 bridgehead atoms. The van der Waals surface area contributed by atoms with Gasteiger partial charge in [-0.2, -0.15) is 0 Å². The lowest BCUT2D eigenvalue weighted by molar-refractivity contribution is 0.301. The summed E-state index contributed by atoms with van der Waals surface area (Å²) in [6, 6.07) is 6.19. The van der Waals surface area contributed by atoms with Crippen molar-refractivity contribution in [3.8, 4) is 0 Å². The smallest absolute Gasteiger partial charge is 0.168 e. The second-order valence-electron chi connectivity index (χ2n) is 4.95. The van der Waals surface area contributed by atoms with E-state index in [2.05, 4.69) is 21.3 Å². The van der Waals surface area contributed by atoms with Crippen molar-refractivity contribution in [2.45, 2.75) is 6.42 Å². The molecule has 0 unspecified atom stereocenters. The number of fused-ring (bicyclic) bond motifs is 2. The summed E-state index contributed by atoms with van der Waals surface area (Å²) in [7, 11) is 0. The van der Waals surface area contributed by atoms with E-state index < -0.39 is 0 Å². The topological polar surface area (TPSA) is 35.8 Å². The first-order valence-electron chi connectivity index (χ1n) is 6.79. The molecule has 1 aromatic carbocycles. The van der Waals surface area contributed by atoms with Gasteiger partial charge in [-0.15, -0.1) is 11.3 Å². The molecule has 2 aliphatic heterocycles. The van der Waals surface area contributed by atoms with E-state index in [1.165, 1.54) is 20.7 Å². The average Bonchev–Trinajstić information content (AvgIpc) is 3.12. The third kappa shape index (κ3) is 2.19. The molecule has 0 atom stereocenters. The molecule has 21 heavy (non-hydrogen) atoms. The molecule has 108 valence electrons. The third-order valence-electron chi connectivity index (χ3n) is 3.68. The number of thioether (sulfide) groups is 1. The molecule has 0 radical (unpaired) electrons. The van der Waals surface area contributed by atoms with Crippen LogP contribution in [0.15, 0.2) is 33.5 Å². The third-order valence-corrected chi connectivity index (χ3v) is 5.94. The van der Waals surface area contributed by atoms with Crippen LogP contribution in [-0.2, 0) is 0 Å². The first-order chi connectivity index (χ1) is 10.3. The summed E-state index contributed by atoms with van der Waals surface area (Å²) in [6.07, 6.45) is 0.660. The molecule has 1 N–H and O–H groups in total. The van der Waals surface area contributed by atoms with E-state index in [0.717, 1.165) is 28.8 Å². The molecule has 0 amide bonds. The Balaban J connectivity index is 1.94. The van der Waals surface area contributed by atoms with Gasteiger partial charge in [-0.05, 0) is 23.6 Å². The van der Waals surface area contributed by atoms with Gasteiger partial charge < -0.3 is 10.0 Å².